The Labute approximate surface area is 547 Å². The zero-order valence-electron chi connectivity index (χ0n) is 50.2. The van der Waals surface area contributed by atoms with Crippen molar-refractivity contribution in [2.75, 3.05) is 0 Å². The van der Waals surface area contributed by atoms with E-state index < -0.39 is 30.1 Å². The highest BCUT2D eigenvalue weighted by molar-refractivity contribution is 8.35. The molecule has 92 heavy (non-hydrogen) atoms. The molecule has 4 nitrogen and oxygen atoms in total. The van der Waals surface area contributed by atoms with E-state index in [9.17, 15) is 0 Å². The number of para-hydroxylation sites is 1. The van der Waals surface area contributed by atoms with E-state index in [4.69, 9.17) is 46.3 Å². The molecular formula is C81H56B4N4S3. The molecule has 0 aliphatic carbocycles. The minimum atomic E-state index is -2.38. The SMILES string of the molecule is [B]c1c([B])c([B])c2c(c1[B])c1ccccc1n2-c1nc(-c2cccc(S(c3ccccc3)(c3ccccc3)c3ccccc3)c2)nc(-c2cc(S(c3ccccc3)(c3ccccc3)c3ccccc3)cc(S(c3ccccc3)(c3ccccc3)c3ccccc3)c2)n1. The lowest BCUT2D eigenvalue weighted by atomic mass is 9.65. The van der Waals surface area contributed by atoms with Gasteiger partial charge in [0.2, 0.25) is 5.95 Å². The molecule has 15 aromatic rings. The van der Waals surface area contributed by atoms with E-state index >= 15 is 0 Å². The van der Waals surface area contributed by atoms with E-state index in [0.29, 0.717) is 34.0 Å². The second-order valence-electron chi connectivity index (χ2n) is 22.4. The standard InChI is InChI=1S/C81H56B4N4S3/c82-74-73-71-51-28-29-52-72(71)89(78(73)77(85)76(84)75(74)83)81-87-79(57-31-30-50-68(53-57)90(59-32-10-1-11-33-59,60-34-12-2-13-35-60)61-36-14-3-15-37-61)86-80(88-81)58-54-69(91(62-38-16-4-17-39-62,63-40-18-5-19-41-63)64-42-20-6-21-43-64)56-70(55-58)92(65-44-22-7-23-45-65,66-46-24-8-25-47-66)67-48-26-9-27-49-67/h1-56H. The van der Waals surface area contributed by atoms with E-state index in [1.165, 1.54) is 44.1 Å². The molecule has 11 heteroatoms. The van der Waals surface area contributed by atoms with Crippen molar-refractivity contribution in [3.05, 3.63) is 340 Å². The van der Waals surface area contributed by atoms with Crippen LogP contribution in [-0.2, 0) is 0 Å². The molecule has 0 atom stereocenters. The summed E-state index contributed by atoms with van der Waals surface area (Å²) in [6.45, 7) is 0. The lowest BCUT2D eigenvalue weighted by molar-refractivity contribution is 0.952. The summed E-state index contributed by atoms with van der Waals surface area (Å²) < 4.78 is 1.99. The van der Waals surface area contributed by atoms with Crippen molar-refractivity contribution in [2.24, 2.45) is 0 Å². The number of rotatable bonds is 15. The smallest absolute Gasteiger partial charge is 0.238 e. The topological polar surface area (TPSA) is 43.6 Å². The van der Waals surface area contributed by atoms with Crippen LogP contribution in [0.2, 0.25) is 0 Å². The third kappa shape index (κ3) is 9.68. The molecule has 0 fully saturated rings. The van der Waals surface area contributed by atoms with E-state index in [1.807, 2.05) is 28.8 Å². The van der Waals surface area contributed by atoms with Gasteiger partial charge in [-0.05, 0) is 151 Å². The van der Waals surface area contributed by atoms with Crippen LogP contribution < -0.4 is 21.9 Å². The Balaban J connectivity index is 1.11. The monoisotopic (exact) mass is 1220 g/mol. The minimum Gasteiger partial charge on any atom is -0.278 e. The van der Waals surface area contributed by atoms with E-state index in [1.54, 1.807) is 0 Å². The maximum atomic E-state index is 7.24. The van der Waals surface area contributed by atoms with Gasteiger partial charge in [0.05, 0.1) is 5.52 Å². The summed E-state index contributed by atoms with van der Waals surface area (Å²) >= 11 is 0. The zero-order valence-corrected chi connectivity index (χ0v) is 52.6. The van der Waals surface area contributed by atoms with Crippen molar-refractivity contribution < 1.29 is 0 Å². The Kier molecular flexibility index (Phi) is 15.6. The summed E-state index contributed by atoms with van der Waals surface area (Å²) in [5.74, 6) is 1.21. The first-order valence-corrected chi connectivity index (χ1v) is 35.3. The third-order valence-electron chi connectivity index (χ3n) is 17.3. The zero-order chi connectivity index (χ0) is 62.2. The lowest BCUT2D eigenvalue weighted by Gasteiger charge is -2.45. The second-order valence-corrected chi connectivity index (χ2v) is 31.7. The van der Waals surface area contributed by atoms with Crippen molar-refractivity contribution in [3.63, 3.8) is 0 Å². The van der Waals surface area contributed by atoms with Gasteiger partial charge in [-0.2, -0.15) is 9.97 Å². The molecule has 0 spiro atoms. The van der Waals surface area contributed by atoms with Crippen molar-refractivity contribution in [2.45, 2.75) is 58.7 Å². The molecule has 13 aromatic carbocycles. The summed E-state index contributed by atoms with van der Waals surface area (Å²) in [5.41, 5.74) is 3.88. The summed E-state index contributed by atoms with van der Waals surface area (Å²) in [6.07, 6.45) is 0. The molecule has 0 bridgehead atoms. The summed E-state index contributed by atoms with van der Waals surface area (Å²) in [4.78, 5) is 31.2. The molecule has 0 aliphatic rings. The van der Waals surface area contributed by atoms with E-state index in [2.05, 4.69) is 315 Å². The Hall–Kier alpha value is -10.0. The first kappa shape index (κ1) is 58.4. The largest absolute Gasteiger partial charge is 0.278 e. The van der Waals surface area contributed by atoms with Crippen LogP contribution in [0.1, 0.15) is 0 Å². The first-order valence-electron chi connectivity index (χ1n) is 30.4. The molecule has 0 aliphatic heterocycles. The van der Waals surface area contributed by atoms with Gasteiger partial charge >= 0.3 is 0 Å². The fraction of sp³-hybridized carbons (Fsp3) is 0. The molecule has 0 amide bonds. The molecule has 15 rings (SSSR count). The van der Waals surface area contributed by atoms with E-state index in [-0.39, 0.29) is 16.4 Å². The molecule has 8 radical (unpaired) electrons. The maximum Gasteiger partial charge on any atom is 0.238 e. The molecule has 0 saturated heterocycles. The number of hydrogen-bond donors (Lipinski definition) is 0. The second kappa shape index (κ2) is 24.6. The van der Waals surface area contributed by atoms with E-state index in [0.717, 1.165) is 36.7 Å². The predicted molar refractivity (Wildman–Crippen MR) is 387 cm³/mol. The van der Waals surface area contributed by atoms with Crippen LogP contribution in [-0.4, -0.2) is 50.9 Å². The van der Waals surface area contributed by atoms with Gasteiger partial charge in [-0.25, -0.2) is 4.98 Å². The molecular weight excluding hydrogens is 1170 g/mol. The quantitative estimate of drug-likeness (QED) is 0.0961. The highest BCUT2D eigenvalue weighted by Gasteiger charge is 2.40. The van der Waals surface area contributed by atoms with Crippen LogP contribution >= 0.6 is 30.1 Å². The van der Waals surface area contributed by atoms with Gasteiger partial charge in [0, 0.05) is 80.8 Å². The van der Waals surface area contributed by atoms with Crippen LogP contribution in [0.25, 0.3) is 50.5 Å². The third-order valence-corrected chi connectivity index (χ3v) is 28.9. The van der Waals surface area contributed by atoms with Crippen molar-refractivity contribution >= 4 is 105 Å². The minimum absolute atomic E-state index is 0.185. The predicted octanol–water partition coefficient (Wildman–Crippen LogP) is 17.5. The first-order chi connectivity index (χ1) is 45.3. The summed E-state index contributed by atoms with van der Waals surface area (Å²) in [7, 11) is 21.0. The van der Waals surface area contributed by atoms with Crippen molar-refractivity contribution in [3.8, 4) is 28.7 Å². The Bertz CT molecular complexity index is 4700. The Morgan fingerprint density at radius 3 is 0.902 bits per heavy atom. The van der Waals surface area contributed by atoms with Gasteiger partial charge in [-0.1, -0.05) is 205 Å². The van der Waals surface area contributed by atoms with Crippen LogP contribution in [0.4, 0.5) is 0 Å². The highest BCUT2D eigenvalue weighted by Crippen LogP contribution is 2.78. The molecule has 2 heterocycles. The molecule has 2 aromatic heterocycles. The van der Waals surface area contributed by atoms with Crippen LogP contribution in [0.15, 0.2) is 398 Å². The van der Waals surface area contributed by atoms with Crippen molar-refractivity contribution in [1.29, 1.82) is 0 Å². The fourth-order valence-corrected chi connectivity index (χ4v) is 25.1. The van der Waals surface area contributed by atoms with Gasteiger partial charge in [0.1, 0.15) is 31.4 Å². The van der Waals surface area contributed by atoms with Crippen LogP contribution in [0.5, 0.6) is 0 Å². The number of hydrogen-bond acceptors (Lipinski definition) is 3. The normalized spacial score (nSPS) is 12.4. The van der Waals surface area contributed by atoms with Gasteiger partial charge in [-0.15, -0.1) is 41.0 Å². The molecule has 430 valence electrons. The number of benzene rings is 13. The van der Waals surface area contributed by atoms with Crippen molar-refractivity contribution in [1.82, 2.24) is 19.5 Å². The summed E-state index contributed by atoms with van der Waals surface area (Å²) in [5, 5.41) is 1.48. The Morgan fingerprint density at radius 1 is 0.239 bits per heavy atom. The van der Waals surface area contributed by atoms with Gasteiger partial charge in [0.15, 0.2) is 11.6 Å². The van der Waals surface area contributed by atoms with Gasteiger partial charge in [0.25, 0.3) is 0 Å². The highest BCUT2D eigenvalue weighted by atomic mass is 32.3. The lowest BCUT2D eigenvalue weighted by Crippen LogP contribution is -2.48. The maximum absolute atomic E-state index is 7.24. The summed E-state index contributed by atoms with van der Waals surface area (Å²) in [6, 6.07) is 123. The number of aromatic nitrogens is 4. The van der Waals surface area contributed by atoms with Crippen LogP contribution in [0.3, 0.4) is 0 Å². The molecule has 0 unspecified atom stereocenters. The van der Waals surface area contributed by atoms with Gasteiger partial charge in [-0.3, -0.25) is 4.57 Å². The molecule has 0 saturated carbocycles. The average Bonchev–Trinajstić information content (AvgIpc) is 0.980. The average molecular weight is 1220 g/mol. The number of nitrogens with zero attached hydrogens (tertiary/aromatic N) is 4. The van der Waals surface area contributed by atoms with Crippen LogP contribution in [0, 0.1) is 0 Å². The Morgan fingerprint density at radius 2 is 0.533 bits per heavy atom. The van der Waals surface area contributed by atoms with Gasteiger partial charge < -0.3 is 0 Å². The molecule has 0 N–H and O–H groups in total. The fourth-order valence-electron chi connectivity index (χ4n) is 13.2. The number of fused-ring (bicyclic) bond motifs is 3.